The Kier molecular flexibility index (Phi) is 5.99. The minimum absolute atomic E-state index is 0.0498. The van der Waals surface area contributed by atoms with Crippen LogP contribution in [0.4, 0.5) is 0 Å². The second kappa shape index (κ2) is 8.25. The first kappa shape index (κ1) is 19.6. The van der Waals surface area contributed by atoms with Gasteiger partial charge in [-0.05, 0) is 49.8 Å². The third kappa shape index (κ3) is 4.58. The number of benzene rings is 2. The first-order chi connectivity index (χ1) is 12.8. The SMILES string of the molecule is Cc1cccc(-c2n[nH]c(=S)n2CC(=O)NC(C)c2ccc(Cl)cc2Cl)c1. The van der Waals surface area contributed by atoms with Crippen LogP contribution in [0.1, 0.15) is 24.1 Å². The van der Waals surface area contributed by atoms with Gasteiger partial charge in [-0.25, -0.2) is 0 Å². The maximum Gasteiger partial charge on any atom is 0.240 e. The quantitative estimate of drug-likeness (QED) is 0.564. The molecule has 8 heteroatoms. The summed E-state index contributed by atoms with van der Waals surface area (Å²) < 4.78 is 2.06. The van der Waals surface area contributed by atoms with Gasteiger partial charge < -0.3 is 5.32 Å². The number of aromatic amines is 1. The average molecular weight is 421 g/mol. The van der Waals surface area contributed by atoms with Crippen molar-refractivity contribution in [3.8, 4) is 11.4 Å². The normalized spacial score (nSPS) is 12.0. The van der Waals surface area contributed by atoms with E-state index in [4.69, 9.17) is 35.4 Å². The molecule has 0 fully saturated rings. The molecule has 0 spiro atoms. The first-order valence-corrected chi connectivity index (χ1v) is 9.48. The first-order valence-electron chi connectivity index (χ1n) is 8.31. The highest BCUT2D eigenvalue weighted by Crippen LogP contribution is 2.26. The molecule has 1 atom stereocenters. The lowest BCUT2D eigenvalue weighted by atomic mass is 10.1. The Balaban J connectivity index is 1.79. The van der Waals surface area contributed by atoms with Crippen molar-refractivity contribution in [2.24, 2.45) is 0 Å². The van der Waals surface area contributed by atoms with Crippen LogP contribution in [0.5, 0.6) is 0 Å². The molecule has 0 aliphatic rings. The molecule has 1 amide bonds. The van der Waals surface area contributed by atoms with Crippen molar-refractivity contribution < 1.29 is 4.79 Å². The Morgan fingerprint density at radius 2 is 2.07 bits per heavy atom. The average Bonchev–Trinajstić information content (AvgIpc) is 2.95. The Labute approximate surface area is 172 Å². The van der Waals surface area contributed by atoms with Gasteiger partial charge in [-0.1, -0.05) is 53.0 Å². The second-order valence-electron chi connectivity index (χ2n) is 6.26. The number of hydrogen-bond donors (Lipinski definition) is 2. The second-order valence-corrected chi connectivity index (χ2v) is 7.49. The van der Waals surface area contributed by atoms with E-state index in [1.165, 1.54) is 0 Å². The number of nitrogens with one attached hydrogen (secondary N) is 2. The molecule has 0 bridgehead atoms. The van der Waals surface area contributed by atoms with E-state index in [0.717, 1.165) is 16.7 Å². The van der Waals surface area contributed by atoms with Crippen molar-refractivity contribution in [3.63, 3.8) is 0 Å². The summed E-state index contributed by atoms with van der Waals surface area (Å²) in [6.45, 7) is 3.91. The topological polar surface area (TPSA) is 62.7 Å². The van der Waals surface area contributed by atoms with Crippen molar-refractivity contribution >= 4 is 41.3 Å². The van der Waals surface area contributed by atoms with Crippen molar-refractivity contribution in [3.05, 3.63) is 68.4 Å². The van der Waals surface area contributed by atoms with Crippen LogP contribution in [0.3, 0.4) is 0 Å². The summed E-state index contributed by atoms with van der Waals surface area (Å²) in [4.78, 5) is 12.6. The Morgan fingerprint density at radius 3 is 2.78 bits per heavy atom. The molecular weight excluding hydrogens is 403 g/mol. The van der Waals surface area contributed by atoms with E-state index >= 15 is 0 Å². The molecule has 140 valence electrons. The number of carbonyl (C=O) groups excluding carboxylic acids is 1. The minimum Gasteiger partial charge on any atom is -0.348 e. The highest BCUT2D eigenvalue weighted by molar-refractivity contribution is 7.71. The highest BCUT2D eigenvalue weighted by atomic mass is 35.5. The lowest BCUT2D eigenvalue weighted by Crippen LogP contribution is -2.30. The molecule has 0 aliphatic carbocycles. The maximum atomic E-state index is 12.6. The van der Waals surface area contributed by atoms with Crippen molar-refractivity contribution in [2.75, 3.05) is 0 Å². The van der Waals surface area contributed by atoms with Crippen LogP contribution >= 0.6 is 35.4 Å². The molecule has 3 aromatic rings. The zero-order chi connectivity index (χ0) is 19.6. The fourth-order valence-electron chi connectivity index (χ4n) is 2.83. The molecule has 1 heterocycles. The van der Waals surface area contributed by atoms with Crippen LogP contribution in [-0.2, 0) is 11.3 Å². The van der Waals surface area contributed by atoms with E-state index in [2.05, 4.69) is 15.5 Å². The lowest BCUT2D eigenvalue weighted by Gasteiger charge is -2.16. The fourth-order valence-corrected chi connectivity index (χ4v) is 3.60. The molecule has 2 N–H and O–H groups in total. The van der Waals surface area contributed by atoms with Gasteiger partial charge in [0.15, 0.2) is 10.6 Å². The molecule has 0 saturated heterocycles. The van der Waals surface area contributed by atoms with Gasteiger partial charge in [-0.3, -0.25) is 14.5 Å². The summed E-state index contributed by atoms with van der Waals surface area (Å²) in [6.07, 6.45) is 0. The van der Waals surface area contributed by atoms with Gasteiger partial charge in [0, 0.05) is 15.6 Å². The fraction of sp³-hybridized carbons (Fsp3) is 0.211. The molecule has 3 rings (SSSR count). The predicted octanol–water partition coefficient (Wildman–Crippen LogP) is 5.10. The van der Waals surface area contributed by atoms with Gasteiger partial charge in [0.25, 0.3) is 0 Å². The monoisotopic (exact) mass is 420 g/mol. The van der Waals surface area contributed by atoms with Crippen molar-refractivity contribution in [2.45, 2.75) is 26.4 Å². The summed E-state index contributed by atoms with van der Waals surface area (Å²) in [6, 6.07) is 12.8. The molecule has 27 heavy (non-hydrogen) atoms. The standard InChI is InChI=1S/C19H18Cl2N4OS/c1-11-4-3-5-13(8-11)18-23-24-19(27)25(18)10-17(26)22-12(2)15-7-6-14(20)9-16(15)21/h3-9,12H,10H2,1-2H3,(H,22,26)(H,24,27). The van der Waals surface area contributed by atoms with Crippen molar-refractivity contribution in [1.29, 1.82) is 0 Å². The molecule has 0 aliphatic heterocycles. The van der Waals surface area contributed by atoms with E-state index < -0.39 is 0 Å². The van der Waals surface area contributed by atoms with Gasteiger partial charge in [-0.2, -0.15) is 5.10 Å². The van der Waals surface area contributed by atoms with Gasteiger partial charge in [0.2, 0.25) is 5.91 Å². The number of hydrogen-bond acceptors (Lipinski definition) is 3. The van der Waals surface area contributed by atoms with Gasteiger partial charge in [0.1, 0.15) is 6.54 Å². The van der Waals surface area contributed by atoms with Crippen LogP contribution in [0.25, 0.3) is 11.4 Å². The molecule has 0 radical (unpaired) electrons. The Bertz CT molecular complexity index is 1040. The van der Waals surface area contributed by atoms with E-state index in [0.29, 0.717) is 20.6 Å². The van der Waals surface area contributed by atoms with Gasteiger partial charge in [0.05, 0.1) is 6.04 Å². The zero-order valence-corrected chi connectivity index (χ0v) is 17.1. The lowest BCUT2D eigenvalue weighted by molar-refractivity contribution is -0.122. The minimum atomic E-state index is -0.272. The number of rotatable bonds is 5. The molecule has 1 aromatic heterocycles. The van der Waals surface area contributed by atoms with Crippen LogP contribution in [-0.4, -0.2) is 20.7 Å². The Hall–Kier alpha value is -2.15. The molecule has 2 aromatic carbocycles. The van der Waals surface area contributed by atoms with E-state index in [1.54, 1.807) is 22.8 Å². The summed E-state index contributed by atoms with van der Waals surface area (Å²) in [5, 5.41) is 11.0. The van der Waals surface area contributed by atoms with E-state index in [9.17, 15) is 4.79 Å². The summed E-state index contributed by atoms with van der Waals surface area (Å²) >= 11 is 17.4. The van der Waals surface area contributed by atoms with Crippen LogP contribution in [0.15, 0.2) is 42.5 Å². The van der Waals surface area contributed by atoms with E-state index in [-0.39, 0.29) is 18.5 Å². The number of H-pyrrole nitrogens is 1. The number of amides is 1. The van der Waals surface area contributed by atoms with Gasteiger partial charge >= 0.3 is 0 Å². The third-order valence-corrected chi connectivity index (χ3v) is 5.02. The van der Waals surface area contributed by atoms with Crippen molar-refractivity contribution in [1.82, 2.24) is 20.1 Å². The smallest absolute Gasteiger partial charge is 0.240 e. The largest absolute Gasteiger partial charge is 0.348 e. The molecule has 1 unspecified atom stereocenters. The number of aryl methyl sites for hydroxylation is 1. The third-order valence-electron chi connectivity index (χ3n) is 4.14. The molecular formula is C19H18Cl2N4OS. The molecule has 0 saturated carbocycles. The summed E-state index contributed by atoms with van der Waals surface area (Å²) in [7, 11) is 0. The number of aromatic nitrogens is 3. The zero-order valence-electron chi connectivity index (χ0n) is 14.8. The summed E-state index contributed by atoms with van der Waals surface area (Å²) in [5.74, 6) is 0.427. The Morgan fingerprint density at radius 1 is 1.30 bits per heavy atom. The van der Waals surface area contributed by atoms with E-state index in [1.807, 2.05) is 38.1 Å². The highest BCUT2D eigenvalue weighted by Gasteiger charge is 2.16. The van der Waals surface area contributed by atoms with Crippen LogP contribution < -0.4 is 5.32 Å². The van der Waals surface area contributed by atoms with Crippen LogP contribution in [0, 0.1) is 11.7 Å². The maximum absolute atomic E-state index is 12.6. The molecule has 5 nitrogen and oxygen atoms in total. The number of halogens is 2. The number of nitrogens with zero attached hydrogens (tertiary/aromatic N) is 2. The van der Waals surface area contributed by atoms with Crippen LogP contribution in [0.2, 0.25) is 10.0 Å². The van der Waals surface area contributed by atoms with Gasteiger partial charge in [-0.15, -0.1) is 0 Å². The number of carbonyl (C=O) groups is 1. The summed E-state index contributed by atoms with van der Waals surface area (Å²) in [5.41, 5.74) is 2.79. The predicted molar refractivity (Wildman–Crippen MR) is 111 cm³/mol.